The molecule has 4 rings (SSSR count). The lowest BCUT2D eigenvalue weighted by Gasteiger charge is -2.04. The molecule has 0 atom stereocenters. The molecular weight excluding hydrogens is 329 g/mol. The number of aromatic nitrogens is 5. The van der Waals surface area contributed by atoms with E-state index in [2.05, 4.69) is 30.2 Å². The molecule has 6 nitrogen and oxygen atoms in total. The first-order valence-corrected chi connectivity index (χ1v) is 7.37. The third-order valence-corrected chi connectivity index (χ3v) is 4.26. The van der Waals surface area contributed by atoms with Gasteiger partial charge in [0.25, 0.3) is 0 Å². The quantitative estimate of drug-likeness (QED) is 0.516. The van der Waals surface area contributed by atoms with Crippen molar-refractivity contribution < 1.29 is 13.2 Å². The molecule has 0 spiro atoms. The molecule has 0 aliphatic carbocycles. The summed E-state index contributed by atoms with van der Waals surface area (Å²) in [5.74, 6) is 0.370. The molecule has 0 aliphatic heterocycles. The smallest absolute Gasteiger partial charge is 0.346 e. The Morgan fingerprint density at radius 1 is 1.22 bits per heavy atom. The van der Waals surface area contributed by atoms with Crippen LogP contribution in [0.2, 0.25) is 0 Å². The number of aryl methyl sites for hydroxylation is 1. The van der Waals surface area contributed by atoms with Gasteiger partial charge in [-0.1, -0.05) is 0 Å². The fourth-order valence-corrected chi connectivity index (χ4v) is 3.23. The summed E-state index contributed by atoms with van der Waals surface area (Å²) in [6.07, 6.45) is -1.23. The summed E-state index contributed by atoms with van der Waals surface area (Å²) < 4.78 is 38.6. The van der Waals surface area contributed by atoms with Crippen LogP contribution < -0.4 is 5.32 Å². The summed E-state index contributed by atoms with van der Waals surface area (Å²) in [6.45, 7) is 1.39. The maximum atomic E-state index is 12.9. The summed E-state index contributed by atoms with van der Waals surface area (Å²) in [7, 11) is 0. The highest BCUT2D eigenvalue weighted by Crippen LogP contribution is 2.37. The summed E-state index contributed by atoms with van der Waals surface area (Å²) in [5.41, 5.74) is 1.00. The molecule has 4 aromatic heterocycles. The van der Waals surface area contributed by atoms with Crippen molar-refractivity contribution in [1.82, 2.24) is 24.9 Å². The molecule has 0 radical (unpaired) electrons. The lowest BCUT2D eigenvalue weighted by molar-refractivity contribution is -0.141. The number of hydrogen-bond donors (Lipinski definition) is 3. The summed E-state index contributed by atoms with van der Waals surface area (Å²) in [5, 5.41) is 3.81. The van der Waals surface area contributed by atoms with Gasteiger partial charge in [0.1, 0.15) is 16.7 Å². The Kier molecular flexibility index (Phi) is 2.85. The van der Waals surface area contributed by atoms with E-state index in [0.29, 0.717) is 22.5 Å². The number of aromatic amines is 2. The zero-order valence-electron chi connectivity index (χ0n) is 11.6. The number of H-pyrrole nitrogens is 2. The van der Waals surface area contributed by atoms with E-state index in [9.17, 15) is 13.2 Å². The maximum Gasteiger partial charge on any atom is 0.434 e. The zero-order valence-corrected chi connectivity index (χ0v) is 12.4. The molecule has 23 heavy (non-hydrogen) atoms. The molecule has 0 aromatic carbocycles. The number of rotatable bonds is 2. The Labute approximate surface area is 130 Å². The van der Waals surface area contributed by atoms with Gasteiger partial charge in [-0.25, -0.2) is 15.0 Å². The Bertz CT molecular complexity index is 1010. The van der Waals surface area contributed by atoms with Crippen molar-refractivity contribution in [3.63, 3.8) is 0 Å². The third kappa shape index (κ3) is 2.22. The van der Waals surface area contributed by atoms with Crippen molar-refractivity contribution in [1.29, 1.82) is 0 Å². The molecule has 0 bridgehead atoms. The van der Waals surface area contributed by atoms with Crippen LogP contribution >= 0.6 is 11.3 Å². The van der Waals surface area contributed by atoms with E-state index in [4.69, 9.17) is 0 Å². The number of nitrogens with zero attached hydrogens (tertiary/aromatic N) is 3. The number of halogens is 3. The van der Waals surface area contributed by atoms with Gasteiger partial charge in [0.05, 0.1) is 6.33 Å². The van der Waals surface area contributed by atoms with Crippen LogP contribution in [0, 0.1) is 6.92 Å². The molecule has 0 fully saturated rings. The zero-order chi connectivity index (χ0) is 16.2. The number of anilines is 2. The van der Waals surface area contributed by atoms with Crippen LogP contribution in [0.25, 0.3) is 22.1 Å². The monoisotopic (exact) mass is 338 g/mol. The number of pyridine rings is 1. The van der Waals surface area contributed by atoms with Crippen LogP contribution in [0.4, 0.5) is 24.1 Å². The topological polar surface area (TPSA) is 82.3 Å². The number of alkyl halides is 3. The first-order valence-electron chi connectivity index (χ1n) is 6.55. The van der Waals surface area contributed by atoms with E-state index in [0.717, 1.165) is 16.7 Å². The van der Waals surface area contributed by atoms with Crippen molar-refractivity contribution in [2.45, 2.75) is 13.1 Å². The third-order valence-electron chi connectivity index (χ3n) is 3.37. The SMILES string of the molecule is Cc1sc(Nc2nc3[nH]ccc3c3nc[nH]c23)nc1C(F)(F)F. The highest BCUT2D eigenvalue weighted by atomic mass is 32.1. The van der Waals surface area contributed by atoms with Crippen LogP contribution in [0.15, 0.2) is 18.6 Å². The van der Waals surface area contributed by atoms with Gasteiger partial charge >= 0.3 is 6.18 Å². The molecule has 0 unspecified atom stereocenters. The Hall–Kier alpha value is -2.62. The van der Waals surface area contributed by atoms with E-state index >= 15 is 0 Å². The molecule has 118 valence electrons. The highest BCUT2D eigenvalue weighted by Gasteiger charge is 2.36. The molecule has 0 aliphatic rings. The molecular formula is C13H9F3N6S. The molecule has 0 saturated carbocycles. The van der Waals surface area contributed by atoms with Gasteiger partial charge in [0, 0.05) is 16.5 Å². The van der Waals surface area contributed by atoms with Gasteiger partial charge in [-0.2, -0.15) is 13.2 Å². The number of thiazole rings is 1. The molecule has 0 saturated heterocycles. The Balaban J connectivity index is 1.82. The Morgan fingerprint density at radius 2 is 2.04 bits per heavy atom. The van der Waals surface area contributed by atoms with Crippen LogP contribution in [0.1, 0.15) is 10.6 Å². The first-order chi connectivity index (χ1) is 10.9. The second kappa shape index (κ2) is 4.69. The fourth-order valence-electron chi connectivity index (χ4n) is 2.40. The number of imidazole rings is 1. The van der Waals surface area contributed by atoms with Gasteiger partial charge < -0.3 is 15.3 Å². The Morgan fingerprint density at radius 3 is 2.78 bits per heavy atom. The van der Waals surface area contributed by atoms with Crippen molar-refractivity contribution in [2.24, 2.45) is 0 Å². The summed E-state index contributed by atoms with van der Waals surface area (Å²) >= 11 is 0.928. The van der Waals surface area contributed by atoms with E-state index in [1.165, 1.54) is 13.3 Å². The molecule has 0 amide bonds. The van der Waals surface area contributed by atoms with Crippen molar-refractivity contribution in [2.75, 3.05) is 5.32 Å². The summed E-state index contributed by atoms with van der Waals surface area (Å²) in [6, 6.07) is 1.84. The van der Waals surface area contributed by atoms with Crippen LogP contribution in [0.3, 0.4) is 0 Å². The van der Waals surface area contributed by atoms with Gasteiger partial charge in [-0.15, -0.1) is 11.3 Å². The minimum atomic E-state index is -4.47. The standard InChI is InChI=1S/C13H9F3N6S/c1-5-9(13(14,15)16)20-12(23-5)22-11-8-7(18-4-19-8)6-2-3-17-10(6)21-11/h2-4H,1H3,(H,18,19)(H2,17,20,21,22). The highest BCUT2D eigenvalue weighted by molar-refractivity contribution is 7.15. The van der Waals surface area contributed by atoms with E-state index in [-0.39, 0.29) is 10.0 Å². The molecule has 4 heterocycles. The minimum Gasteiger partial charge on any atom is -0.346 e. The van der Waals surface area contributed by atoms with Crippen molar-refractivity contribution in [3.8, 4) is 0 Å². The van der Waals surface area contributed by atoms with Gasteiger partial charge in [0.2, 0.25) is 0 Å². The second-order valence-electron chi connectivity index (χ2n) is 4.87. The summed E-state index contributed by atoms with van der Waals surface area (Å²) in [4.78, 5) is 18.3. The average molecular weight is 338 g/mol. The van der Waals surface area contributed by atoms with E-state index in [1.54, 1.807) is 6.20 Å². The van der Waals surface area contributed by atoms with Crippen molar-refractivity contribution >= 4 is 44.4 Å². The maximum absolute atomic E-state index is 12.9. The average Bonchev–Trinajstić information content (AvgIpc) is 3.15. The molecule has 4 aromatic rings. The van der Waals surface area contributed by atoms with Gasteiger partial charge in [-0.3, -0.25) is 0 Å². The van der Waals surface area contributed by atoms with E-state index < -0.39 is 11.9 Å². The van der Waals surface area contributed by atoms with Crippen LogP contribution in [0.5, 0.6) is 0 Å². The van der Waals surface area contributed by atoms with Gasteiger partial charge in [-0.05, 0) is 13.0 Å². The minimum absolute atomic E-state index is 0.0989. The first kappa shape index (κ1) is 14.0. The predicted octanol–water partition coefficient (Wildman–Crippen LogP) is 3.97. The lowest BCUT2D eigenvalue weighted by atomic mass is 10.3. The largest absolute Gasteiger partial charge is 0.434 e. The number of hydrogen-bond acceptors (Lipinski definition) is 5. The number of fused-ring (bicyclic) bond motifs is 3. The normalized spacial score (nSPS) is 12.3. The van der Waals surface area contributed by atoms with Crippen molar-refractivity contribution in [3.05, 3.63) is 29.2 Å². The van der Waals surface area contributed by atoms with Crippen LogP contribution in [-0.4, -0.2) is 24.9 Å². The fraction of sp³-hybridized carbons (Fsp3) is 0.154. The lowest BCUT2D eigenvalue weighted by Crippen LogP contribution is -2.07. The van der Waals surface area contributed by atoms with Gasteiger partial charge in [0.15, 0.2) is 16.6 Å². The second-order valence-corrected chi connectivity index (χ2v) is 6.08. The van der Waals surface area contributed by atoms with E-state index in [1.807, 2.05) is 6.07 Å². The van der Waals surface area contributed by atoms with Crippen LogP contribution in [-0.2, 0) is 6.18 Å². The molecule has 3 N–H and O–H groups in total. The number of nitrogens with one attached hydrogen (secondary N) is 3. The predicted molar refractivity (Wildman–Crippen MR) is 80.9 cm³/mol. The molecule has 10 heteroatoms.